The van der Waals surface area contributed by atoms with Crippen molar-refractivity contribution < 1.29 is 9.90 Å². The zero-order valence-electron chi connectivity index (χ0n) is 12.9. The molecule has 0 fully saturated rings. The molecule has 118 valence electrons. The van der Waals surface area contributed by atoms with Gasteiger partial charge >= 0.3 is 0 Å². The van der Waals surface area contributed by atoms with Crippen molar-refractivity contribution in [1.29, 1.82) is 0 Å². The number of anilines is 1. The SMILES string of the molecule is Cc1nc(NCCCC(=O)[O-])c2c3c(sc2n1)CCC[C@@H]3C. The van der Waals surface area contributed by atoms with E-state index in [0.29, 0.717) is 18.9 Å². The van der Waals surface area contributed by atoms with Crippen LogP contribution in [-0.2, 0) is 11.2 Å². The van der Waals surface area contributed by atoms with Gasteiger partial charge < -0.3 is 15.2 Å². The summed E-state index contributed by atoms with van der Waals surface area (Å²) >= 11 is 1.78. The molecule has 1 atom stereocenters. The van der Waals surface area contributed by atoms with E-state index in [-0.39, 0.29) is 6.42 Å². The Morgan fingerprint density at radius 2 is 2.27 bits per heavy atom. The topological polar surface area (TPSA) is 77.9 Å². The lowest BCUT2D eigenvalue weighted by Crippen LogP contribution is -2.22. The molecule has 0 unspecified atom stereocenters. The molecule has 2 heterocycles. The van der Waals surface area contributed by atoms with E-state index in [9.17, 15) is 9.90 Å². The van der Waals surface area contributed by atoms with Gasteiger partial charge in [-0.15, -0.1) is 11.3 Å². The minimum absolute atomic E-state index is 0.0678. The number of hydrogen-bond donors (Lipinski definition) is 1. The van der Waals surface area contributed by atoms with E-state index in [1.807, 2.05) is 6.92 Å². The summed E-state index contributed by atoms with van der Waals surface area (Å²) in [6, 6.07) is 0. The van der Waals surface area contributed by atoms with Crippen LogP contribution in [0, 0.1) is 6.92 Å². The lowest BCUT2D eigenvalue weighted by Gasteiger charge is -2.19. The summed E-state index contributed by atoms with van der Waals surface area (Å²) in [5.41, 5.74) is 1.40. The van der Waals surface area contributed by atoms with Gasteiger partial charge in [-0.1, -0.05) is 6.92 Å². The first-order chi connectivity index (χ1) is 10.6. The van der Waals surface area contributed by atoms with Crippen LogP contribution in [0.3, 0.4) is 0 Å². The highest BCUT2D eigenvalue weighted by Gasteiger charge is 2.25. The van der Waals surface area contributed by atoms with Crippen molar-refractivity contribution in [3.05, 3.63) is 16.3 Å². The standard InChI is InChI=1S/C16H21N3O2S/c1-9-5-3-6-11-13(9)14-15(17-8-4-7-12(20)21)18-10(2)19-16(14)22-11/h9H,3-8H2,1-2H3,(H,20,21)(H,17,18,19)/p-1/t9-/m0/s1. The van der Waals surface area contributed by atoms with E-state index in [2.05, 4.69) is 22.2 Å². The van der Waals surface area contributed by atoms with Gasteiger partial charge in [0.1, 0.15) is 16.5 Å². The molecule has 0 spiro atoms. The zero-order valence-corrected chi connectivity index (χ0v) is 13.8. The van der Waals surface area contributed by atoms with Gasteiger partial charge in [0.2, 0.25) is 0 Å². The Kier molecular flexibility index (Phi) is 4.29. The van der Waals surface area contributed by atoms with Crippen molar-refractivity contribution in [2.75, 3.05) is 11.9 Å². The van der Waals surface area contributed by atoms with Gasteiger partial charge in [0.25, 0.3) is 0 Å². The second kappa shape index (κ2) is 6.20. The van der Waals surface area contributed by atoms with Crippen molar-refractivity contribution >= 4 is 33.3 Å². The van der Waals surface area contributed by atoms with Gasteiger partial charge in [-0.3, -0.25) is 0 Å². The number of hydrogen-bond acceptors (Lipinski definition) is 6. The molecule has 6 heteroatoms. The number of nitrogens with zero attached hydrogens (tertiary/aromatic N) is 2. The van der Waals surface area contributed by atoms with Crippen LogP contribution in [0.5, 0.6) is 0 Å². The van der Waals surface area contributed by atoms with Gasteiger partial charge in [0.15, 0.2) is 0 Å². The van der Waals surface area contributed by atoms with Crippen LogP contribution in [-0.4, -0.2) is 22.5 Å². The Bertz CT molecular complexity index is 711. The summed E-state index contributed by atoms with van der Waals surface area (Å²) in [6.45, 7) is 4.75. The van der Waals surface area contributed by atoms with Gasteiger partial charge in [-0.25, -0.2) is 9.97 Å². The highest BCUT2D eigenvalue weighted by Crippen LogP contribution is 2.43. The Morgan fingerprint density at radius 1 is 1.45 bits per heavy atom. The molecule has 2 aromatic rings. The molecule has 0 saturated heterocycles. The van der Waals surface area contributed by atoms with Crippen molar-refractivity contribution in [3.8, 4) is 0 Å². The molecule has 0 aromatic carbocycles. The molecule has 0 aliphatic heterocycles. The third kappa shape index (κ3) is 2.92. The van der Waals surface area contributed by atoms with Crippen molar-refractivity contribution in [2.45, 2.75) is 51.9 Å². The first kappa shape index (κ1) is 15.2. The Labute approximate surface area is 133 Å². The Hall–Kier alpha value is -1.69. The molecule has 1 aliphatic rings. The molecule has 0 radical (unpaired) electrons. The Morgan fingerprint density at radius 3 is 3.05 bits per heavy atom. The largest absolute Gasteiger partial charge is 0.550 e. The minimum atomic E-state index is -1.01. The van der Waals surface area contributed by atoms with E-state index >= 15 is 0 Å². The highest BCUT2D eigenvalue weighted by atomic mass is 32.1. The molecular formula is C16H20N3O2S-. The summed E-state index contributed by atoms with van der Waals surface area (Å²) in [6.07, 6.45) is 4.18. The number of carboxylic acid groups (broad SMARTS) is 1. The summed E-state index contributed by atoms with van der Waals surface area (Å²) in [4.78, 5) is 22.1. The molecule has 1 aliphatic carbocycles. The molecule has 0 saturated carbocycles. The summed E-state index contributed by atoms with van der Waals surface area (Å²) in [5, 5.41) is 15.0. The molecule has 0 amide bonds. The fourth-order valence-corrected chi connectivity index (χ4v) is 4.54. The van der Waals surface area contributed by atoms with Gasteiger partial charge in [-0.05, 0) is 50.5 Å². The summed E-state index contributed by atoms with van der Waals surface area (Å²) < 4.78 is 0. The maximum Gasteiger partial charge on any atom is 0.138 e. The number of aryl methyl sites for hydroxylation is 2. The predicted octanol–water partition coefficient (Wildman–Crippen LogP) is 2.38. The van der Waals surface area contributed by atoms with Crippen molar-refractivity contribution in [3.63, 3.8) is 0 Å². The van der Waals surface area contributed by atoms with Crippen LogP contribution in [0.2, 0.25) is 0 Å². The molecule has 1 N–H and O–H groups in total. The molecular weight excluding hydrogens is 298 g/mol. The fourth-order valence-electron chi connectivity index (χ4n) is 3.16. The summed E-state index contributed by atoms with van der Waals surface area (Å²) in [7, 11) is 0. The van der Waals surface area contributed by atoms with Crippen LogP contribution in [0.15, 0.2) is 0 Å². The van der Waals surface area contributed by atoms with Crippen LogP contribution >= 0.6 is 11.3 Å². The van der Waals surface area contributed by atoms with E-state index in [1.54, 1.807) is 11.3 Å². The van der Waals surface area contributed by atoms with E-state index in [1.165, 1.54) is 23.3 Å². The lowest BCUT2D eigenvalue weighted by molar-refractivity contribution is -0.305. The number of fused-ring (bicyclic) bond motifs is 3. The van der Waals surface area contributed by atoms with E-state index in [0.717, 1.165) is 28.3 Å². The number of aromatic nitrogens is 2. The second-order valence-corrected chi connectivity index (χ2v) is 7.02. The maximum atomic E-state index is 10.5. The molecule has 3 rings (SSSR count). The molecule has 0 bridgehead atoms. The minimum Gasteiger partial charge on any atom is -0.550 e. The van der Waals surface area contributed by atoms with Crippen LogP contribution in [0.25, 0.3) is 10.2 Å². The highest BCUT2D eigenvalue weighted by molar-refractivity contribution is 7.19. The number of aliphatic carboxylic acids is 1. The van der Waals surface area contributed by atoms with E-state index < -0.39 is 5.97 Å². The molecule has 5 nitrogen and oxygen atoms in total. The first-order valence-corrected chi connectivity index (χ1v) is 8.61. The van der Waals surface area contributed by atoms with Crippen molar-refractivity contribution in [2.24, 2.45) is 0 Å². The number of rotatable bonds is 5. The van der Waals surface area contributed by atoms with Crippen LogP contribution < -0.4 is 10.4 Å². The fraction of sp³-hybridized carbons (Fsp3) is 0.562. The smallest absolute Gasteiger partial charge is 0.138 e. The normalized spacial score (nSPS) is 17.5. The third-order valence-corrected chi connectivity index (χ3v) is 5.32. The monoisotopic (exact) mass is 318 g/mol. The average molecular weight is 318 g/mol. The second-order valence-electron chi connectivity index (χ2n) is 5.93. The Balaban J connectivity index is 1.94. The predicted molar refractivity (Wildman–Crippen MR) is 86.2 cm³/mol. The third-order valence-electron chi connectivity index (χ3n) is 4.16. The molecule has 22 heavy (non-hydrogen) atoms. The van der Waals surface area contributed by atoms with E-state index in [4.69, 9.17) is 0 Å². The number of thiophene rings is 1. The number of nitrogens with one attached hydrogen (secondary N) is 1. The molecule has 2 aromatic heterocycles. The zero-order chi connectivity index (χ0) is 15.7. The van der Waals surface area contributed by atoms with Gasteiger partial charge in [0.05, 0.1) is 5.39 Å². The quantitative estimate of drug-likeness (QED) is 0.856. The number of carbonyl (C=O) groups excluding carboxylic acids is 1. The van der Waals surface area contributed by atoms with Crippen LogP contribution in [0.1, 0.15) is 54.8 Å². The lowest BCUT2D eigenvalue weighted by atomic mass is 9.87. The number of carbonyl (C=O) groups is 1. The average Bonchev–Trinajstić information content (AvgIpc) is 2.82. The maximum absolute atomic E-state index is 10.5. The van der Waals surface area contributed by atoms with Crippen LogP contribution in [0.4, 0.5) is 5.82 Å². The van der Waals surface area contributed by atoms with Gasteiger partial charge in [0, 0.05) is 17.4 Å². The summed E-state index contributed by atoms with van der Waals surface area (Å²) in [5.74, 6) is 1.13. The van der Waals surface area contributed by atoms with Gasteiger partial charge in [-0.2, -0.15) is 0 Å². The van der Waals surface area contributed by atoms with Crippen molar-refractivity contribution in [1.82, 2.24) is 9.97 Å². The first-order valence-electron chi connectivity index (χ1n) is 7.80. The number of carboxylic acids is 1.